The van der Waals surface area contributed by atoms with Gasteiger partial charge in [0.05, 0.1) is 12.9 Å². The maximum absolute atomic E-state index is 5.43. The second-order valence-corrected chi connectivity index (χ2v) is 5.99. The zero-order valence-electron chi connectivity index (χ0n) is 14.4. The summed E-state index contributed by atoms with van der Waals surface area (Å²) >= 11 is 0. The lowest BCUT2D eigenvalue weighted by molar-refractivity contribution is 0.326. The first-order chi connectivity index (χ1) is 11.7. The van der Waals surface area contributed by atoms with Crippen LogP contribution >= 0.6 is 0 Å². The number of pyridine rings is 1. The number of rotatable bonds is 6. The van der Waals surface area contributed by atoms with Crippen molar-refractivity contribution in [1.82, 2.24) is 15.0 Å². The molecule has 124 valence electrons. The molecule has 1 aromatic carbocycles. The van der Waals surface area contributed by atoms with Gasteiger partial charge >= 0.3 is 0 Å². The third-order valence-corrected chi connectivity index (χ3v) is 4.45. The summed E-state index contributed by atoms with van der Waals surface area (Å²) in [7, 11) is 0. The monoisotopic (exact) mass is 321 g/mol. The molecule has 0 bridgehead atoms. The Morgan fingerprint density at radius 3 is 2.67 bits per heavy atom. The summed E-state index contributed by atoms with van der Waals surface area (Å²) in [6.45, 7) is 6.93. The van der Waals surface area contributed by atoms with Crippen LogP contribution in [0.1, 0.15) is 40.8 Å². The van der Waals surface area contributed by atoms with E-state index in [0.717, 1.165) is 12.1 Å². The number of hydrogen-bond acceptors (Lipinski definition) is 3. The third-order valence-electron chi connectivity index (χ3n) is 4.45. The molecule has 0 aliphatic heterocycles. The van der Waals surface area contributed by atoms with E-state index in [1.807, 2.05) is 25.4 Å². The molecule has 3 rings (SSSR count). The Labute approximate surface area is 142 Å². The van der Waals surface area contributed by atoms with Gasteiger partial charge in [-0.25, -0.2) is 9.97 Å². The number of aromatic nitrogens is 3. The first-order valence-corrected chi connectivity index (χ1v) is 8.31. The molecule has 0 spiro atoms. The quantitative estimate of drug-likeness (QED) is 0.740. The maximum Gasteiger partial charge on any atom is 0.213 e. The van der Waals surface area contributed by atoms with Crippen LogP contribution in [0.15, 0.2) is 49.1 Å². The van der Waals surface area contributed by atoms with Gasteiger partial charge < -0.3 is 9.72 Å². The minimum absolute atomic E-state index is 0.229. The number of imidazole rings is 1. The smallest absolute Gasteiger partial charge is 0.213 e. The molecule has 3 aromatic rings. The zero-order valence-corrected chi connectivity index (χ0v) is 14.4. The zero-order chi connectivity index (χ0) is 16.9. The minimum Gasteiger partial charge on any atom is -0.478 e. The molecule has 1 atom stereocenters. The summed E-state index contributed by atoms with van der Waals surface area (Å²) < 4.78 is 5.43. The number of ether oxygens (including phenoxy) is 1. The van der Waals surface area contributed by atoms with Crippen molar-refractivity contribution in [3.63, 3.8) is 0 Å². The van der Waals surface area contributed by atoms with E-state index in [9.17, 15) is 0 Å². The molecule has 4 heteroatoms. The predicted octanol–water partition coefficient (Wildman–Crippen LogP) is 4.19. The van der Waals surface area contributed by atoms with Gasteiger partial charge in [-0.15, -0.1) is 0 Å². The number of aryl methyl sites for hydroxylation is 1. The van der Waals surface area contributed by atoms with Crippen molar-refractivity contribution in [2.45, 2.75) is 33.1 Å². The highest BCUT2D eigenvalue weighted by Gasteiger charge is 2.19. The van der Waals surface area contributed by atoms with Crippen LogP contribution in [0.2, 0.25) is 0 Å². The topological polar surface area (TPSA) is 50.8 Å². The largest absolute Gasteiger partial charge is 0.478 e. The summed E-state index contributed by atoms with van der Waals surface area (Å²) in [6, 6.07) is 10.5. The SMILES string of the molecule is CCOc1ccc(CC(c2cnc[nH]2)c2cccc(C)c2C)cn1. The molecular weight excluding hydrogens is 298 g/mol. The highest BCUT2D eigenvalue weighted by Crippen LogP contribution is 2.30. The molecule has 0 radical (unpaired) electrons. The molecule has 2 aromatic heterocycles. The van der Waals surface area contributed by atoms with Crippen molar-refractivity contribution >= 4 is 0 Å². The molecule has 2 heterocycles. The molecule has 0 amide bonds. The van der Waals surface area contributed by atoms with E-state index < -0.39 is 0 Å². The summed E-state index contributed by atoms with van der Waals surface area (Å²) in [5.41, 5.74) is 6.27. The Morgan fingerprint density at radius 2 is 2.00 bits per heavy atom. The van der Waals surface area contributed by atoms with Gasteiger partial charge in [-0.1, -0.05) is 24.3 Å². The van der Waals surface area contributed by atoms with Crippen molar-refractivity contribution in [1.29, 1.82) is 0 Å². The summed E-state index contributed by atoms with van der Waals surface area (Å²) in [5.74, 6) is 0.901. The van der Waals surface area contributed by atoms with E-state index in [0.29, 0.717) is 12.5 Å². The highest BCUT2D eigenvalue weighted by atomic mass is 16.5. The Bertz CT molecular complexity index is 779. The second kappa shape index (κ2) is 7.30. The van der Waals surface area contributed by atoms with E-state index in [-0.39, 0.29) is 5.92 Å². The lowest BCUT2D eigenvalue weighted by Crippen LogP contribution is -2.08. The van der Waals surface area contributed by atoms with Crippen LogP contribution in [-0.2, 0) is 6.42 Å². The molecule has 1 N–H and O–H groups in total. The molecule has 0 aliphatic carbocycles. The molecular formula is C20H23N3O. The molecule has 1 unspecified atom stereocenters. The fourth-order valence-corrected chi connectivity index (χ4v) is 3.00. The Balaban J connectivity index is 1.93. The maximum atomic E-state index is 5.43. The molecule has 0 saturated carbocycles. The normalized spacial score (nSPS) is 12.1. The van der Waals surface area contributed by atoms with Gasteiger partial charge in [0, 0.05) is 30.1 Å². The van der Waals surface area contributed by atoms with Crippen LogP contribution in [0.3, 0.4) is 0 Å². The second-order valence-electron chi connectivity index (χ2n) is 5.99. The van der Waals surface area contributed by atoms with Gasteiger partial charge in [0.15, 0.2) is 0 Å². The Morgan fingerprint density at radius 1 is 1.12 bits per heavy atom. The fraction of sp³-hybridized carbons (Fsp3) is 0.300. The summed E-state index contributed by atoms with van der Waals surface area (Å²) in [5, 5.41) is 0. The van der Waals surface area contributed by atoms with Crippen molar-refractivity contribution in [3.05, 3.63) is 77.0 Å². The van der Waals surface area contributed by atoms with Crippen molar-refractivity contribution in [2.75, 3.05) is 6.61 Å². The average molecular weight is 321 g/mol. The van der Waals surface area contributed by atoms with Crippen LogP contribution in [0.5, 0.6) is 5.88 Å². The van der Waals surface area contributed by atoms with Crippen LogP contribution in [0.25, 0.3) is 0 Å². The van der Waals surface area contributed by atoms with Gasteiger partial charge in [0.1, 0.15) is 0 Å². The number of aromatic amines is 1. The first-order valence-electron chi connectivity index (χ1n) is 8.31. The van der Waals surface area contributed by atoms with Crippen LogP contribution in [-0.4, -0.2) is 21.6 Å². The van der Waals surface area contributed by atoms with Gasteiger partial charge in [0.25, 0.3) is 0 Å². The van der Waals surface area contributed by atoms with E-state index >= 15 is 0 Å². The summed E-state index contributed by atoms with van der Waals surface area (Å²) in [4.78, 5) is 11.9. The molecule has 0 aliphatic rings. The van der Waals surface area contributed by atoms with E-state index in [2.05, 4.69) is 53.1 Å². The standard InChI is InChI=1S/C20H23N3O/c1-4-24-20-9-8-16(11-22-20)10-18(19-12-21-13-23-19)17-7-5-6-14(2)15(17)3/h5-9,11-13,18H,4,10H2,1-3H3,(H,21,23). The number of H-pyrrole nitrogens is 1. The number of nitrogens with one attached hydrogen (secondary N) is 1. The highest BCUT2D eigenvalue weighted by molar-refractivity contribution is 5.40. The van der Waals surface area contributed by atoms with E-state index in [1.165, 1.54) is 22.3 Å². The van der Waals surface area contributed by atoms with Gasteiger partial charge in [-0.3, -0.25) is 0 Å². The molecule has 0 fully saturated rings. The number of nitrogens with zero attached hydrogens (tertiary/aromatic N) is 2. The van der Waals surface area contributed by atoms with E-state index in [4.69, 9.17) is 4.74 Å². The van der Waals surface area contributed by atoms with Crippen LogP contribution in [0, 0.1) is 13.8 Å². The molecule has 4 nitrogen and oxygen atoms in total. The summed E-state index contributed by atoms with van der Waals surface area (Å²) in [6.07, 6.45) is 6.42. The Kier molecular flexibility index (Phi) is 4.94. The number of benzene rings is 1. The van der Waals surface area contributed by atoms with Gasteiger partial charge in [-0.2, -0.15) is 0 Å². The van der Waals surface area contributed by atoms with E-state index in [1.54, 1.807) is 6.33 Å². The minimum atomic E-state index is 0.229. The lowest BCUT2D eigenvalue weighted by atomic mass is 9.86. The van der Waals surface area contributed by atoms with Crippen molar-refractivity contribution < 1.29 is 4.74 Å². The average Bonchev–Trinajstić information content (AvgIpc) is 3.12. The van der Waals surface area contributed by atoms with Crippen LogP contribution in [0.4, 0.5) is 0 Å². The van der Waals surface area contributed by atoms with Gasteiger partial charge in [-0.05, 0) is 49.4 Å². The van der Waals surface area contributed by atoms with Gasteiger partial charge in [0.2, 0.25) is 5.88 Å². The molecule has 0 saturated heterocycles. The lowest BCUT2D eigenvalue weighted by Gasteiger charge is -2.19. The fourth-order valence-electron chi connectivity index (χ4n) is 3.00. The van der Waals surface area contributed by atoms with Crippen molar-refractivity contribution in [2.24, 2.45) is 0 Å². The van der Waals surface area contributed by atoms with Crippen molar-refractivity contribution in [3.8, 4) is 5.88 Å². The predicted molar refractivity (Wildman–Crippen MR) is 95.5 cm³/mol. The molecule has 24 heavy (non-hydrogen) atoms. The van der Waals surface area contributed by atoms with Crippen LogP contribution < -0.4 is 4.74 Å². The Hall–Kier alpha value is -2.62. The third kappa shape index (κ3) is 3.48. The first kappa shape index (κ1) is 16.2. The number of hydrogen-bond donors (Lipinski definition) is 1.